The third kappa shape index (κ3) is 5.51. The highest BCUT2D eigenvalue weighted by molar-refractivity contribution is 7.92. The van der Waals surface area contributed by atoms with Gasteiger partial charge in [-0.15, -0.1) is 0 Å². The van der Waals surface area contributed by atoms with Gasteiger partial charge >= 0.3 is 6.03 Å². The Labute approximate surface area is 210 Å². The lowest BCUT2D eigenvalue weighted by atomic mass is 10.1. The quantitative estimate of drug-likeness (QED) is 0.361. The standard InChI is InChI=1S/C23H16Cl2N4O5S/c24-14-4-6-17(7-5-14)28-35(33,34)19-10-8-16(9-11-19)26-13-20-21(30)27-23(32)29(22(20)31)18-3-1-2-15(25)12-18/h1-13,20,28H,(H,27,30,32). The molecule has 9 nitrogen and oxygen atoms in total. The van der Waals surface area contributed by atoms with Crippen molar-refractivity contribution in [2.24, 2.45) is 10.9 Å². The van der Waals surface area contributed by atoms with Crippen LogP contribution < -0.4 is 14.9 Å². The number of nitrogens with one attached hydrogen (secondary N) is 2. The molecule has 178 valence electrons. The highest BCUT2D eigenvalue weighted by Gasteiger charge is 2.40. The van der Waals surface area contributed by atoms with Gasteiger partial charge in [0.25, 0.3) is 15.9 Å². The van der Waals surface area contributed by atoms with Crippen molar-refractivity contribution in [3.05, 3.63) is 82.8 Å². The molecule has 4 amide bonds. The van der Waals surface area contributed by atoms with Gasteiger partial charge in [0.05, 0.1) is 16.3 Å². The number of carbonyl (C=O) groups is 3. The monoisotopic (exact) mass is 530 g/mol. The summed E-state index contributed by atoms with van der Waals surface area (Å²) < 4.78 is 27.6. The van der Waals surface area contributed by atoms with Gasteiger partial charge < -0.3 is 0 Å². The van der Waals surface area contributed by atoms with Gasteiger partial charge in [0, 0.05) is 21.9 Å². The molecule has 1 aliphatic rings. The molecule has 1 unspecified atom stereocenters. The lowest BCUT2D eigenvalue weighted by Crippen LogP contribution is -2.58. The van der Waals surface area contributed by atoms with Crippen LogP contribution >= 0.6 is 23.2 Å². The molecule has 0 aliphatic carbocycles. The number of benzene rings is 3. The van der Waals surface area contributed by atoms with Crippen molar-refractivity contribution in [3.63, 3.8) is 0 Å². The number of sulfonamides is 1. The van der Waals surface area contributed by atoms with Crippen molar-refractivity contribution < 1.29 is 22.8 Å². The number of barbiturate groups is 1. The first-order valence-electron chi connectivity index (χ1n) is 10.0. The van der Waals surface area contributed by atoms with E-state index in [9.17, 15) is 22.8 Å². The fourth-order valence-corrected chi connectivity index (χ4v) is 4.55. The predicted octanol–water partition coefficient (Wildman–Crippen LogP) is 4.40. The van der Waals surface area contributed by atoms with Crippen molar-refractivity contribution in [2.45, 2.75) is 4.90 Å². The lowest BCUT2D eigenvalue weighted by molar-refractivity contribution is -0.131. The van der Waals surface area contributed by atoms with Crippen molar-refractivity contribution >= 4 is 74.3 Å². The molecule has 0 saturated carbocycles. The molecule has 12 heteroatoms. The molecule has 3 aromatic rings. The first-order chi connectivity index (χ1) is 16.6. The molecule has 1 heterocycles. The minimum absolute atomic E-state index is 0.0180. The van der Waals surface area contributed by atoms with E-state index < -0.39 is 33.8 Å². The van der Waals surface area contributed by atoms with Crippen LogP contribution in [0.5, 0.6) is 0 Å². The van der Waals surface area contributed by atoms with Crippen molar-refractivity contribution in [1.82, 2.24) is 5.32 Å². The molecule has 1 saturated heterocycles. The summed E-state index contributed by atoms with van der Waals surface area (Å²) in [6, 6.07) is 16.8. The van der Waals surface area contributed by atoms with Crippen LogP contribution in [0.15, 0.2) is 82.7 Å². The van der Waals surface area contributed by atoms with Crippen LogP contribution in [0.2, 0.25) is 10.0 Å². The number of carbonyl (C=O) groups excluding carboxylic acids is 3. The summed E-state index contributed by atoms with van der Waals surface area (Å²) in [5.74, 6) is -2.99. The number of hydrogen-bond acceptors (Lipinski definition) is 6. The Kier molecular flexibility index (Phi) is 6.88. The van der Waals surface area contributed by atoms with Gasteiger partial charge in [0.1, 0.15) is 0 Å². The van der Waals surface area contributed by atoms with E-state index >= 15 is 0 Å². The lowest BCUT2D eigenvalue weighted by Gasteiger charge is -2.28. The van der Waals surface area contributed by atoms with Gasteiger partial charge in [0.15, 0.2) is 5.92 Å². The van der Waals surface area contributed by atoms with Crippen LogP contribution in [-0.2, 0) is 19.6 Å². The molecule has 1 atom stereocenters. The van der Waals surface area contributed by atoms with Gasteiger partial charge in [0.2, 0.25) is 5.91 Å². The van der Waals surface area contributed by atoms with Crippen molar-refractivity contribution in [2.75, 3.05) is 9.62 Å². The number of aliphatic imine (C=N–C) groups is 1. The molecule has 1 aliphatic heterocycles. The number of rotatable bonds is 6. The van der Waals surface area contributed by atoms with Gasteiger partial charge in [-0.1, -0.05) is 29.3 Å². The van der Waals surface area contributed by atoms with Crippen molar-refractivity contribution in [1.29, 1.82) is 0 Å². The first kappa shape index (κ1) is 24.4. The largest absolute Gasteiger partial charge is 0.335 e. The van der Waals surface area contributed by atoms with Gasteiger partial charge in [-0.25, -0.2) is 18.1 Å². The Bertz CT molecular complexity index is 1440. The average Bonchev–Trinajstić information content (AvgIpc) is 2.80. The summed E-state index contributed by atoms with van der Waals surface area (Å²) in [5, 5.41) is 2.90. The number of imide groups is 2. The summed E-state index contributed by atoms with van der Waals surface area (Å²) in [7, 11) is -3.86. The van der Waals surface area contributed by atoms with E-state index in [0.29, 0.717) is 21.4 Å². The van der Waals surface area contributed by atoms with E-state index in [1.165, 1.54) is 48.5 Å². The Morgan fingerprint density at radius 3 is 2.26 bits per heavy atom. The van der Waals surface area contributed by atoms with E-state index in [1.807, 2.05) is 0 Å². The maximum absolute atomic E-state index is 12.9. The molecule has 0 radical (unpaired) electrons. The second-order valence-corrected chi connectivity index (χ2v) is 9.87. The average molecular weight is 531 g/mol. The molecule has 4 rings (SSSR count). The Morgan fingerprint density at radius 1 is 0.914 bits per heavy atom. The number of nitrogens with zero attached hydrogens (tertiary/aromatic N) is 2. The summed E-state index contributed by atoms with van der Waals surface area (Å²) in [6.45, 7) is 0. The maximum Gasteiger partial charge on any atom is 0.335 e. The van der Waals surface area contributed by atoms with Gasteiger partial charge in [-0.3, -0.25) is 24.6 Å². The SMILES string of the molecule is O=C1NC(=O)N(c2cccc(Cl)c2)C(=O)C1C=Nc1ccc(S(=O)(=O)Nc2ccc(Cl)cc2)cc1. The van der Waals surface area contributed by atoms with Crippen LogP contribution in [0.1, 0.15) is 0 Å². The van der Waals surface area contributed by atoms with Crippen LogP contribution in [-0.4, -0.2) is 32.5 Å². The smallest absolute Gasteiger partial charge is 0.280 e. The molecule has 1 fully saturated rings. The number of halogens is 2. The van der Waals surface area contributed by atoms with Gasteiger partial charge in [-0.2, -0.15) is 0 Å². The topological polar surface area (TPSA) is 125 Å². The molecule has 2 N–H and O–H groups in total. The molecule has 0 aromatic heterocycles. The number of amides is 4. The van der Waals surface area contributed by atoms with Crippen LogP contribution in [0, 0.1) is 5.92 Å². The predicted molar refractivity (Wildman–Crippen MR) is 133 cm³/mol. The number of urea groups is 1. The first-order valence-corrected chi connectivity index (χ1v) is 12.2. The third-order valence-corrected chi connectivity index (χ3v) is 6.77. The van der Waals surface area contributed by atoms with Crippen molar-refractivity contribution in [3.8, 4) is 0 Å². The molecule has 35 heavy (non-hydrogen) atoms. The minimum Gasteiger partial charge on any atom is -0.280 e. The third-order valence-electron chi connectivity index (χ3n) is 4.88. The molecular weight excluding hydrogens is 515 g/mol. The van der Waals surface area contributed by atoms with Gasteiger partial charge in [-0.05, 0) is 66.7 Å². The zero-order valence-electron chi connectivity index (χ0n) is 17.7. The highest BCUT2D eigenvalue weighted by atomic mass is 35.5. The Hall–Kier alpha value is -3.73. The summed E-state index contributed by atoms with van der Waals surface area (Å²) >= 11 is 11.8. The van der Waals surface area contributed by atoms with Crippen LogP contribution in [0.4, 0.5) is 21.9 Å². The molecule has 3 aromatic carbocycles. The van der Waals surface area contributed by atoms with E-state index in [2.05, 4.69) is 15.0 Å². The minimum atomic E-state index is -3.86. The molecule has 0 spiro atoms. The van der Waals surface area contributed by atoms with Crippen LogP contribution in [0.3, 0.4) is 0 Å². The highest BCUT2D eigenvalue weighted by Crippen LogP contribution is 2.25. The summed E-state index contributed by atoms with van der Waals surface area (Å²) in [5.41, 5.74) is 0.841. The fourth-order valence-electron chi connectivity index (χ4n) is 3.19. The Balaban J connectivity index is 1.51. The van der Waals surface area contributed by atoms with Crippen LogP contribution in [0.25, 0.3) is 0 Å². The Morgan fingerprint density at radius 2 is 1.60 bits per heavy atom. The molecule has 0 bridgehead atoms. The molecular formula is C23H16Cl2N4O5S. The van der Waals surface area contributed by atoms with E-state index in [0.717, 1.165) is 11.1 Å². The number of anilines is 2. The zero-order valence-corrected chi connectivity index (χ0v) is 20.0. The zero-order chi connectivity index (χ0) is 25.2. The summed E-state index contributed by atoms with van der Waals surface area (Å²) in [6.07, 6.45) is 1.09. The second-order valence-electron chi connectivity index (χ2n) is 7.31. The summed E-state index contributed by atoms with van der Waals surface area (Å²) in [4.78, 5) is 42.3. The van der Waals surface area contributed by atoms with E-state index in [4.69, 9.17) is 23.2 Å². The van der Waals surface area contributed by atoms with E-state index in [1.54, 1.807) is 24.3 Å². The number of hydrogen-bond donors (Lipinski definition) is 2. The second kappa shape index (κ2) is 9.87. The normalized spacial score (nSPS) is 16.5. The fraction of sp³-hybridized carbons (Fsp3) is 0.0435. The van der Waals surface area contributed by atoms with E-state index in [-0.39, 0.29) is 10.6 Å². The maximum atomic E-state index is 12.9.